The zero-order valence-corrected chi connectivity index (χ0v) is 21.4. The fraction of sp³-hybridized carbons (Fsp3) is 0.500. The zero-order valence-electron chi connectivity index (χ0n) is 21.4. The number of urea groups is 1. The third-order valence-electron chi connectivity index (χ3n) is 8.43. The van der Waals surface area contributed by atoms with Gasteiger partial charge in [-0.3, -0.25) is 0 Å². The van der Waals surface area contributed by atoms with Crippen molar-refractivity contribution in [2.75, 3.05) is 39.4 Å². The van der Waals surface area contributed by atoms with E-state index in [4.69, 9.17) is 9.47 Å². The van der Waals surface area contributed by atoms with E-state index in [1.807, 2.05) is 21.9 Å². The lowest BCUT2D eigenvalue weighted by molar-refractivity contribution is -0.136. The highest BCUT2D eigenvalue weighted by Crippen LogP contribution is 2.38. The van der Waals surface area contributed by atoms with Crippen molar-refractivity contribution in [2.24, 2.45) is 0 Å². The third-order valence-corrected chi connectivity index (χ3v) is 8.43. The number of carbonyl (C=O) groups is 1. The first-order chi connectivity index (χ1) is 18.8. The number of nitrogens with zero attached hydrogens (tertiary/aromatic N) is 3. The number of hydrogen-bond donors (Lipinski definition) is 2. The van der Waals surface area contributed by atoms with Crippen LogP contribution in [-0.4, -0.2) is 77.4 Å². The smallest absolute Gasteiger partial charge is 0.378 e. The van der Waals surface area contributed by atoms with Crippen LogP contribution in [0.25, 0.3) is 22.2 Å². The van der Waals surface area contributed by atoms with Crippen molar-refractivity contribution in [3.05, 3.63) is 52.8 Å². The summed E-state index contributed by atoms with van der Waals surface area (Å²) in [6.07, 6.45) is 1.05. The molecule has 0 aliphatic carbocycles. The van der Waals surface area contributed by atoms with Crippen LogP contribution in [0, 0.1) is 0 Å². The molecule has 4 aliphatic heterocycles. The second-order valence-electron chi connectivity index (χ2n) is 10.9. The number of aromatic nitrogens is 2. The summed E-state index contributed by atoms with van der Waals surface area (Å²) >= 11 is 0. The number of alkyl halides is 3. The lowest BCUT2D eigenvalue weighted by atomic mass is 9.87. The molecule has 3 atom stereocenters. The molecule has 206 valence electrons. The summed E-state index contributed by atoms with van der Waals surface area (Å²) in [4.78, 5) is 24.3. The van der Waals surface area contributed by atoms with Gasteiger partial charge in [0.05, 0.1) is 37.0 Å². The van der Waals surface area contributed by atoms with Crippen molar-refractivity contribution < 1.29 is 27.4 Å². The van der Waals surface area contributed by atoms with Crippen LogP contribution >= 0.6 is 0 Å². The second-order valence-corrected chi connectivity index (χ2v) is 10.9. The van der Waals surface area contributed by atoms with E-state index in [0.29, 0.717) is 57.9 Å². The number of amides is 2. The number of likely N-dealkylation sites (tertiary alicyclic amines) is 1. The van der Waals surface area contributed by atoms with E-state index < -0.39 is 11.7 Å². The van der Waals surface area contributed by atoms with Crippen molar-refractivity contribution in [2.45, 2.75) is 50.2 Å². The van der Waals surface area contributed by atoms with Gasteiger partial charge in [0, 0.05) is 56.1 Å². The number of rotatable bonds is 2. The van der Waals surface area contributed by atoms with Crippen LogP contribution in [0.2, 0.25) is 0 Å². The van der Waals surface area contributed by atoms with Gasteiger partial charge in [0.2, 0.25) is 0 Å². The molecule has 39 heavy (non-hydrogen) atoms. The molecule has 3 aromatic rings. The summed E-state index contributed by atoms with van der Waals surface area (Å²) in [5, 5.41) is 3.57. The summed E-state index contributed by atoms with van der Waals surface area (Å²) in [5.74, 6) is 0. The van der Waals surface area contributed by atoms with Crippen LogP contribution in [-0.2, 0) is 28.6 Å². The predicted octanol–water partition coefficient (Wildman–Crippen LogP) is 4.25. The van der Waals surface area contributed by atoms with E-state index in [1.54, 1.807) is 12.3 Å². The van der Waals surface area contributed by atoms with E-state index in [-0.39, 0.29) is 35.3 Å². The average molecular weight is 542 g/mol. The number of hydrogen-bond acceptors (Lipinski definition) is 5. The van der Waals surface area contributed by atoms with Crippen molar-refractivity contribution in [1.29, 1.82) is 0 Å². The highest BCUT2D eigenvalue weighted by atomic mass is 19.4. The lowest BCUT2D eigenvalue weighted by Crippen LogP contribution is -2.52. The summed E-state index contributed by atoms with van der Waals surface area (Å²) in [6, 6.07) is 5.60. The van der Waals surface area contributed by atoms with Gasteiger partial charge >= 0.3 is 12.2 Å². The molecular weight excluding hydrogens is 511 g/mol. The Morgan fingerprint density at radius 1 is 1.08 bits per heavy atom. The molecule has 3 fully saturated rings. The molecular formula is C28H30F3N5O3. The molecule has 3 saturated heterocycles. The quantitative estimate of drug-likeness (QED) is 0.507. The molecule has 4 aliphatic rings. The normalized spacial score (nSPS) is 25.3. The molecule has 1 aromatic carbocycles. The average Bonchev–Trinajstić information content (AvgIpc) is 3.54. The number of aromatic amines is 1. The van der Waals surface area contributed by atoms with Gasteiger partial charge in [0.15, 0.2) is 0 Å². The molecule has 0 radical (unpaired) electrons. The minimum absolute atomic E-state index is 0.0468. The van der Waals surface area contributed by atoms with Crippen LogP contribution in [0.4, 0.5) is 18.0 Å². The number of pyridine rings is 1. The number of carbonyl (C=O) groups excluding carboxylic acids is 1. The first-order valence-electron chi connectivity index (χ1n) is 13.5. The van der Waals surface area contributed by atoms with Gasteiger partial charge in [-0.2, -0.15) is 13.2 Å². The Bertz CT molecular complexity index is 1410. The lowest BCUT2D eigenvalue weighted by Gasteiger charge is -2.39. The molecule has 7 rings (SSSR count). The molecule has 2 N–H and O–H groups in total. The fourth-order valence-corrected chi connectivity index (χ4v) is 6.47. The monoisotopic (exact) mass is 541 g/mol. The first kappa shape index (κ1) is 24.9. The molecule has 2 aromatic heterocycles. The zero-order chi connectivity index (χ0) is 26.7. The van der Waals surface area contributed by atoms with E-state index >= 15 is 0 Å². The first-order valence-corrected chi connectivity index (χ1v) is 13.5. The molecule has 2 bridgehead atoms. The molecule has 0 saturated carbocycles. The van der Waals surface area contributed by atoms with Crippen molar-refractivity contribution in [3.63, 3.8) is 0 Å². The molecule has 6 heterocycles. The highest BCUT2D eigenvalue weighted by Gasteiger charge is 2.38. The van der Waals surface area contributed by atoms with E-state index in [1.165, 1.54) is 0 Å². The van der Waals surface area contributed by atoms with Gasteiger partial charge in [-0.25, -0.2) is 9.78 Å². The number of morpholine rings is 2. The maximum atomic E-state index is 13.6. The van der Waals surface area contributed by atoms with Gasteiger partial charge in [-0.05, 0) is 53.6 Å². The molecule has 2 unspecified atom stereocenters. The molecule has 8 nitrogen and oxygen atoms in total. The van der Waals surface area contributed by atoms with Gasteiger partial charge in [-0.1, -0.05) is 6.07 Å². The maximum absolute atomic E-state index is 13.6. The number of fused-ring (bicyclic) bond motifs is 4. The Morgan fingerprint density at radius 3 is 2.64 bits per heavy atom. The van der Waals surface area contributed by atoms with Gasteiger partial charge in [-0.15, -0.1) is 0 Å². The largest absolute Gasteiger partial charge is 0.418 e. The number of nitrogens with one attached hydrogen (secondary N) is 2. The van der Waals surface area contributed by atoms with E-state index in [2.05, 4.69) is 15.3 Å². The summed E-state index contributed by atoms with van der Waals surface area (Å²) in [5.41, 5.74) is 4.12. The number of benzene rings is 1. The van der Waals surface area contributed by atoms with E-state index in [9.17, 15) is 18.0 Å². The van der Waals surface area contributed by atoms with Crippen LogP contribution in [0.5, 0.6) is 0 Å². The summed E-state index contributed by atoms with van der Waals surface area (Å²) < 4.78 is 52.4. The Labute approximate surface area is 223 Å². The van der Waals surface area contributed by atoms with Crippen LogP contribution in [0.1, 0.15) is 41.1 Å². The predicted molar refractivity (Wildman–Crippen MR) is 137 cm³/mol. The highest BCUT2D eigenvalue weighted by molar-refractivity contribution is 5.85. The van der Waals surface area contributed by atoms with Crippen molar-refractivity contribution in [1.82, 2.24) is 25.1 Å². The molecule has 0 spiro atoms. The van der Waals surface area contributed by atoms with E-state index in [0.717, 1.165) is 41.3 Å². The Kier molecular flexibility index (Phi) is 6.05. The molecule has 2 amide bonds. The van der Waals surface area contributed by atoms with Gasteiger partial charge in [0.1, 0.15) is 5.65 Å². The fourth-order valence-electron chi connectivity index (χ4n) is 6.47. The Balaban J connectivity index is 1.24. The SMILES string of the molecule is O=C(N1CCc2cc(-c3cnc4[nH]cc(C(F)(F)F)c4c3)cc([C@@H]3COCCN3)c2C1)N1CC2CCC(C1)O2. The van der Waals surface area contributed by atoms with Crippen molar-refractivity contribution in [3.8, 4) is 11.1 Å². The third kappa shape index (κ3) is 4.56. The number of halogens is 3. The topological polar surface area (TPSA) is 82.7 Å². The number of H-pyrrole nitrogens is 1. The van der Waals surface area contributed by atoms with Crippen molar-refractivity contribution >= 4 is 17.1 Å². The van der Waals surface area contributed by atoms with Gasteiger partial charge in [0.25, 0.3) is 0 Å². The minimum Gasteiger partial charge on any atom is -0.378 e. The summed E-state index contributed by atoms with van der Waals surface area (Å²) in [6.45, 7) is 4.16. The maximum Gasteiger partial charge on any atom is 0.418 e. The second kappa shape index (κ2) is 9.50. The van der Waals surface area contributed by atoms with Crippen LogP contribution in [0.15, 0.2) is 30.6 Å². The summed E-state index contributed by atoms with van der Waals surface area (Å²) in [7, 11) is 0. The van der Waals surface area contributed by atoms with Crippen LogP contribution in [0.3, 0.4) is 0 Å². The minimum atomic E-state index is -4.47. The Morgan fingerprint density at radius 2 is 1.90 bits per heavy atom. The number of ether oxygens (including phenoxy) is 2. The Hall–Kier alpha value is -3.15. The van der Waals surface area contributed by atoms with Crippen LogP contribution < -0.4 is 5.32 Å². The molecule has 11 heteroatoms. The standard InChI is InChI=1S/C28H30F3N5O3/c29-28(30,31)24-11-34-26-22(24)9-18(10-33-26)17-7-16-3-5-35(27(37)36-12-19-1-2-20(13-36)39-19)14-23(16)21(8-17)25-15-38-6-4-32-25/h7-11,19-20,25,32H,1-6,12-15H2,(H,33,34)/t19?,20?,25-/m0/s1. The van der Waals surface area contributed by atoms with Gasteiger partial charge < -0.3 is 29.6 Å².